The van der Waals surface area contributed by atoms with Crippen molar-refractivity contribution < 1.29 is 19.4 Å². The highest BCUT2D eigenvalue weighted by Crippen LogP contribution is 2.32. The molecule has 8 heteroatoms. The molecule has 4 aromatic rings. The van der Waals surface area contributed by atoms with E-state index in [-0.39, 0.29) is 19.0 Å². The van der Waals surface area contributed by atoms with E-state index in [0.29, 0.717) is 11.8 Å². The first-order chi connectivity index (χ1) is 15.6. The van der Waals surface area contributed by atoms with E-state index in [4.69, 9.17) is 14.6 Å². The molecule has 0 fully saturated rings. The molecule has 0 spiro atoms. The minimum Gasteiger partial charge on any atom is -0.480 e. The number of benzene rings is 3. The minimum absolute atomic E-state index is 0. The molecule has 170 valence electrons. The van der Waals surface area contributed by atoms with Crippen LogP contribution in [-0.4, -0.2) is 39.0 Å². The second kappa shape index (κ2) is 10.9. The fourth-order valence-corrected chi connectivity index (χ4v) is 3.53. The van der Waals surface area contributed by atoms with Crippen LogP contribution in [0.1, 0.15) is 11.1 Å². The smallest absolute Gasteiger partial charge is 0.323 e. The van der Waals surface area contributed by atoms with Crippen LogP contribution in [0.2, 0.25) is 0 Å². The van der Waals surface area contributed by atoms with Crippen molar-refractivity contribution in [1.82, 2.24) is 15.5 Å². The first-order valence-electron chi connectivity index (χ1n) is 10.2. The van der Waals surface area contributed by atoms with Gasteiger partial charge < -0.3 is 14.6 Å². The Bertz CT molecular complexity index is 1230. The summed E-state index contributed by atoms with van der Waals surface area (Å²) >= 11 is 0. The number of carboxylic acid groups (broad SMARTS) is 1. The number of halogens is 1. The Balaban J connectivity index is 0.00000306. The van der Waals surface area contributed by atoms with Crippen molar-refractivity contribution in [1.29, 1.82) is 0 Å². The van der Waals surface area contributed by atoms with Gasteiger partial charge in [0.05, 0.1) is 6.61 Å². The number of carboxylic acids is 1. The van der Waals surface area contributed by atoms with E-state index in [1.54, 1.807) is 0 Å². The van der Waals surface area contributed by atoms with Gasteiger partial charge in [-0.15, -0.1) is 22.6 Å². The zero-order valence-corrected chi connectivity index (χ0v) is 18.7. The summed E-state index contributed by atoms with van der Waals surface area (Å²) in [5.74, 6) is -0.286. The maximum Gasteiger partial charge on any atom is 0.323 e. The van der Waals surface area contributed by atoms with Gasteiger partial charge in [-0.2, -0.15) is 0 Å². The highest BCUT2D eigenvalue weighted by molar-refractivity contribution is 5.85. The molecule has 0 saturated carbocycles. The normalized spacial score (nSPS) is 11.6. The Hall–Kier alpha value is -3.52. The van der Waals surface area contributed by atoms with E-state index in [1.165, 1.54) is 0 Å². The number of aliphatic hydroxyl groups excluding tert-OH is 1. The van der Waals surface area contributed by atoms with Crippen LogP contribution in [-0.2, 0) is 11.3 Å². The molecule has 3 aromatic carbocycles. The summed E-state index contributed by atoms with van der Waals surface area (Å²) in [4.78, 5) is 11.1. The van der Waals surface area contributed by atoms with Crippen LogP contribution in [0.4, 0.5) is 0 Å². The number of nitrogens with zero attached hydrogens (tertiary/aromatic N) is 2. The lowest BCUT2D eigenvalue weighted by Gasteiger charge is -2.11. The van der Waals surface area contributed by atoms with Crippen LogP contribution in [0.15, 0.2) is 77.2 Å². The highest BCUT2D eigenvalue weighted by atomic mass is 35.5. The van der Waals surface area contributed by atoms with Crippen molar-refractivity contribution in [2.24, 2.45) is 0 Å². The molecular formula is C25H24ClN3O4. The number of hydrogen-bond donors (Lipinski definition) is 3. The SMILES string of the molecule is Cc1c(-c2ccccc2)cccc1-c1nnc(-c2cccc(CNC(CO)C(=O)O)c2)o1.Cl. The van der Waals surface area contributed by atoms with Crippen LogP contribution in [0.5, 0.6) is 0 Å². The molecule has 1 aromatic heterocycles. The molecule has 7 nitrogen and oxygen atoms in total. The van der Waals surface area contributed by atoms with Crippen molar-refractivity contribution in [3.05, 3.63) is 83.9 Å². The topological polar surface area (TPSA) is 108 Å². The number of aliphatic carboxylic acids is 1. The van der Waals surface area contributed by atoms with Gasteiger partial charge in [0.15, 0.2) is 0 Å². The van der Waals surface area contributed by atoms with Crippen LogP contribution in [0.25, 0.3) is 34.0 Å². The second-order valence-electron chi connectivity index (χ2n) is 7.41. The van der Waals surface area contributed by atoms with Crippen molar-refractivity contribution in [3.63, 3.8) is 0 Å². The molecule has 1 atom stereocenters. The monoisotopic (exact) mass is 465 g/mol. The van der Waals surface area contributed by atoms with Gasteiger partial charge >= 0.3 is 5.97 Å². The Kier molecular flexibility index (Phi) is 7.95. The highest BCUT2D eigenvalue weighted by Gasteiger charge is 2.17. The summed E-state index contributed by atoms with van der Waals surface area (Å²) in [6, 6.07) is 22.5. The number of hydrogen-bond acceptors (Lipinski definition) is 6. The lowest BCUT2D eigenvalue weighted by molar-refractivity contribution is -0.140. The van der Waals surface area contributed by atoms with E-state index in [0.717, 1.165) is 33.4 Å². The summed E-state index contributed by atoms with van der Waals surface area (Å²) in [6.07, 6.45) is 0. The summed E-state index contributed by atoms with van der Waals surface area (Å²) in [5, 5.41) is 29.5. The zero-order chi connectivity index (χ0) is 22.5. The van der Waals surface area contributed by atoms with E-state index >= 15 is 0 Å². The Labute approximate surface area is 197 Å². The molecule has 0 bridgehead atoms. The van der Waals surface area contributed by atoms with Crippen LogP contribution in [0, 0.1) is 6.92 Å². The molecule has 0 amide bonds. The molecular weight excluding hydrogens is 442 g/mol. The third-order valence-corrected chi connectivity index (χ3v) is 5.28. The lowest BCUT2D eigenvalue weighted by atomic mass is 9.96. The van der Waals surface area contributed by atoms with E-state index in [1.807, 2.05) is 61.5 Å². The van der Waals surface area contributed by atoms with Crippen molar-refractivity contribution in [2.75, 3.05) is 6.61 Å². The summed E-state index contributed by atoms with van der Waals surface area (Å²) < 4.78 is 5.99. The largest absolute Gasteiger partial charge is 0.480 e. The molecule has 0 saturated heterocycles. The Morgan fingerprint density at radius 2 is 1.61 bits per heavy atom. The molecule has 3 N–H and O–H groups in total. The van der Waals surface area contributed by atoms with Gasteiger partial charge in [-0.25, -0.2) is 0 Å². The summed E-state index contributed by atoms with van der Waals surface area (Å²) in [5.41, 5.74) is 5.72. The average molecular weight is 466 g/mol. The Morgan fingerprint density at radius 3 is 2.33 bits per heavy atom. The summed E-state index contributed by atoms with van der Waals surface area (Å²) in [6.45, 7) is 1.84. The maximum atomic E-state index is 11.1. The molecule has 0 aliphatic heterocycles. The average Bonchev–Trinajstić information content (AvgIpc) is 3.30. The van der Waals surface area contributed by atoms with Gasteiger partial charge in [0.2, 0.25) is 11.8 Å². The molecule has 0 aliphatic carbocycles. The van der Waals surface area contributed by atoms with Crippen LogP contribution < -0.4 is 5.32 Å². The predicted molar refractivity (Wildman–Crippen MR) is 128 cm³/mol. The van der Waals surface area contributed by atoms with Crippen LogP contribution >= 0.6 is 12.4 Å². The molecule has 33 heavy (non-hydrogen) atoms. The maximum absolute atomic E-state index is 11.1. The fraction of sp³-hybridized carbons (Fsp3) is 0.160. The third kappa shape index (κ3) is 5.46. The Morgan fingerprint density at radius 1 is 0.939 bits per heavy atom. The predicted octanol–water partition coefficient (Wildman–Crippen LogP) is 4.34. The quantitative estimate of drug-likeness (QED) is 0.355. The molecule has 0 aliphatic rings. The summed E-state index contributed by atoms with van der Waals surface area (Å²) in [7, 11) is 0. The number of rotatable bonds is 8. The van der Waals surface area contributed by atoms with E-state index in [9.17, 15) is 4.79 Å². The van der Waals surface area contributed by atoms with Crippen molar-refractivity contribution in [3.8, 4) is 34.0 Å². The number of aromatic nitrogens is 2. The van der Waals surface area contributed by atoms with Gasteiger partial charge in [-0.3, -0.25) is 10.1 Å². The number of nitrogens with one attached hydrogen (secondary N) is 1. The van der Waals surface area contributed by atoms with Crippen molar-refractivity contribution in [2.45, 2.75) is 19.5 Å². The van der Waals surface area contributed by atoms with Crippen LogP contribution in [0.3, 0.4) is 0 Å². The lowest BCUT2D eigenvalue weighted by Crippen LogP contribution is -2.39. The number of aliphatic hydroxyl groups is 1. The van der Waals surface area contributed by atoms with Gasteiger partial charge in [0.1, 0.15) is 6.04 Å². The number of carbonyl (C=O) groups is 1. The first-order valence-corrected chi connectivity index (χ1v) is 10.2. The molecule has 1 heterocycles. The molecule has 1 unspecified atom stereocenters. The fourth-order valence-electron chi connectivity index (χ4n) is 3.53. The van der Waals surface area contributed by atoms with Gasteiger partial charge in [0.25, 0.3) is 0 Å². The molecule has 4 rings (SSSR count). The van der Waals surface area contributed by atoms with Crippen molar-refractivity contribution >= 4 is 18.4 Å². The zero-order valence-electron chi connectivity index (χ0n) is 17.9. The minimum atomic E-state index is -1.10. The molecule has 0 radical (unpaired) electrons. The third-order valence-electron chi connectivity index (χ3n) is 5.28. The second-order valence-corrected chi connectivity index (χ2v) is 7.41. The van der Waals surface area contributed by atoms with E-state index < -0.39 is 18.6 Å². The van der Waals surface area contributed by atoms with Gasteiger partial charge in [0, 0.05) is 17.7 Å². The van der Waals surface area contributed by atoms with Gasteiger partial charge in [-0.05, 0) is 47.4 Å². The first kappa shape index (κ1) is 24.1. The van der Waals surface area contributed by atoms with Gasteiger partial charge in [-0.1, -0.05) is 54.6 Å². The standard InChI is InChI=1S/C25H23N3O4.ClH/c1-16-20(18-8-3-2-4-9-18)11-6-12-21(16)24-28-27-23(32-24)19-10-5-7-17(13-19)14-26-22(15-29)25(30)31;/h2-13,22,26,29H,14-15H2,1H3,(H,30,31);1H. The van der Waals surface area contributed by atoms with E-state index in [2.05, 4.69) is 33.7 Å².